The van der Waals surface area contributed by atoms with Gasteiger partial charge < -0.3 is 5.32 Å². The van der Waals surface area contributed by atoms with Crippen molar-refractivity contribution in [1.82, 2.24) is 9.29 Å². The average molecular weight is 333 g/mol. The van der Waals surface area contributed by atoms with Gasteiger partial charge in [-0.05, 0) is 19.4 Å². The molecular weight excluding hydrogens is 314 g/mol. The normalized spacial score (nSPS) is 19.9. The molecule has 1 fully saturated rings. The SMILES string of the molecule is CCNc1cc(S(=O)(=O)N2CCCS(=O)(=O)CC2)ccn1. The molecule has 7 nitrogen and oxygen atoms in total. The van der Waals surface area contributed by atoms with Crippen molar-refractivity contribution in [3.63, 3.8) is 0 Å². The number of pyridine rings is 1. The second-order valence-corrected chi connectivity index (χ2v) is 9.06. The quantitative estimate of drug-likeness (QED) is 0.852. The summed E-state index contributed by atoms with van der Waals surface area (Å²) in [5, 5.41) is 2.96. The van der Waals surface area contributed by atoms with E-state index in [1.165, 1.54) is 22.6 Å². The minimum atomic E-state index is -3.69. The van der Waals surface area contributed by atoms with Gasteiger partial charge >= 0.3 is 0 Å². The van der Waals surface area contributed by atoms with E-state index in [1.807, 2.05) is 6.92 Å². The van der Waals surface area contributed by atoms with E-state index in [2.05, 4.69) is 10.3 Å². The van der Waals surface area contributed by atoms with E-state index >= 15 is 0 Å². The Balaban J connectivity index is 2.27. The van der Waals surface area contributed by atoms with Gasteiger partial charge in [-0.3, -0.25) is 0 Å². The standard InChI is InChI=1S/C12H19N3O4S2/c1-2-13-12-10-11(4-5-14-12)21(18,19)15-6-3-8-20(16,17)9-7-15/h4-5,10H,2-3,6-9H2,1H3,(H,13,14). The minimum absolute atomic E-state index is 0.00350. The van der Waals surface area contributed by atoms with Gasteiger partial charge in [0.2, 0.25) is 10.0 Å². The highest BCUT2D eigenvalue weighted by Gasteiger charge is 2.29. The summed E-state index contributed by atoms with van der Waals surface area (Å²) in [6.07, 6.45) is 1.76. The molecule has 9 heteroatoms. The van der Waals surface area contributed by atoms with Crippen LogP contribution in [0.4, 0.5) is 5.82 Å². The Hall–Kier alpha value is -1.19. The fourth-order valence-electron chi connectivity index (χ4n) is 2.15. The van der Waals surface area contributed by atoms with Crippen LogP contribution in [0.3, 0.4) is 0 Å². The third-order valence-electron chi connectivity index (χ3n) is 3.24. The number of nitrogens with zero attached hydrogens (tertiary/aromatic N) is 2. The summed E-state index contributed by atoms with van der Waals surface area (Å²) in [6.45, 7) is 2.75. The summed E-state index contributed by atoms with van der Waals surface area (Å²) in [5.41, 5.74) is 0. The first kappa shape index (κ1) is 16.2. The molecule has 0 unspecified atom stereocenters. The Kier molecular flexibility index (Phi) is 4.84. The molecule has 2 heterocycles. The summed E-state index contributed by atoms with van der Waals surface area (Å²) < 4.78 is 49.6. The Morgan fingerprint density at radius 3 is 2.81 bits per heavy atom. The van der Waals surface area contributed by atoms with Crippen molar-refractivity contribution in [2.75, 3.05) is 36.5 Å². The highest BCUT2D eigenvalue weighted by molar-refractivity contribution is 7.91. The number of aromatic nitrogens is 1. The molecule has 1 saturated heterocycles. The number of sulfone groups is 1. The molecule has 1 N–H and O–H groups in total. The molecule has 1 aliphatic heterocycles. The van der Waals surface area contributed by atoms with Gasteiger partial charge in [-0.15, -0.1) is 0 Å². The summed E-state index contributed by atoms with van der Waals surface area (Å²) in [5.74, 6) is 0.399. The van der Waals surface area contributed by atoms with Crippen molar-refractivity contribution in [2.45, 2.75) is 18.2 Å². The van der Waals surface area contributed by atoms with Gasteiger partial charge in [0.25, 0.3) is 0 Å². The molecule has 2 rings (SSSR count). The highest BCUT2D eigenvalue weighted by Crippen LogP contribution is 2.20. The van der Waals surface area contributed by atoms with Crippen LogP contribution in [0.25, 0.3) is 0 Å². The third kappa shape index (κ3) is 3.92. The lowest BCUT2D eigenvalue weighted by atomic mass is 10.4. The zero-order valence-corrected chi connectivity index (χ0v) is 13.5. The Morgan fingerprint density at radius 1 is 1.33 bits per heavy atom. The summed E-state index contributed by atoms with van der Waals surface area (Å²) >= 11 is 0. The third-order valence-corrected chi connectivity index (χ3v) is 6.85. The fourth-order valence-corrected chi connectivity index (χ4v) is 5.03. The number of rotatable bonds is 4. The molecule has 0 saturated carbocycles. The molecule has 0 amide bonds. The summed E-state index contributed by atoms with van der Waals surface area (Å²) in [6, 6.07) is 2.90. The molecule has 0 atom stereocenters. The van der Waals surface area contributed by atoms with Crippen LogP contribution < -0.4 is 5.32 Å². The van der Waals surface area contributed by atoms with E-state index in [9.17, 15) is 16.8 Å². The van der Waals surface area contributed by atoms with Crippen molar-refractivity contribution >= 4 is 25.7 Å². The number of anilines is 1. The molecule has 1 aromatic rings. The van der Waals surface area contributed by atoms with Crippen LogP contribution in [-0.2, 0) is 19.9 Å². The van der Waals surface area contributed by atoms with Crippen molar-refractivity contribution in [3.8, 4) is 0 Å². The molecule has 0 bridgehead atoms. The van der Waals surface area contributed by atoms with Crippen LogP contribution in [0.15, 0.2) is 23.2 Å². The van der Waals surface area contributed by atoms with Gasteiger partial charge in [-0.25, -0.2) is 21.8 Å². The molecule has 0 aliphatic carbocycles. The maximum absolute atomic E-state index is 12.6. The van der Waals surface area contributed by atoms with E-state index in [-0.39, 0.29) is 29.5 Å². The van der Waals surface area contributed by atoms with Crippen LogP contribution in [0, 0.1) is 0 Å². The minimum Gasteiger partial charge on any atom is -0.370 e. The van der Waals surface area contributed by atoms with Crippen LogP contribution in [0.1, 0.15) is 13.3 Å². The number of hydrogen-bond donors (Lipinski definition) is 1. The molecule has 0 aromatic carbocycles. The lowest BCUT2D eigenvalue weighted by Crippen LogP contribution is -2.33. The highest BCUT2D eigenvalue weighted by atomic mass is 32.2. The largest absolute Gasteiger partial charge is 0.370 e. The van der Waals surface area contributed by atoms with E-state index in [1.54, 1.807) is 0 Å². The lowest BCUT2D eigenvalue weighted by Gasteiger charge is -2.19. The van der Waals surface area contributed by atoms with Crippen molar-refractivity contribution in [1.29, 1.82) is 0 Å². The Morgan fingerprint density at radius 2 is 2.10 bits per heavy atom. The van der Waals surface area contributed by atoms with Crippen LogP contribution in [0.5, 0.6) is 0 Å². The van der Waals surface area contributed by atoms with E-state index in [0.717, 1.165) is 0 Å². The zero-order valence-electron chi connectivity index (χ0n) is 11.8. The maximum Gasteiger partial charge on any atom is 0.243 e. The van der Waals surface area contributed by atoms with Crippen LogP contribution in [0.2, 0.25) is 0 Å². The predicted octanol–water partition coefficient (Wildman–Crippen LogP) is 0.323. The van der Waals surface area contributed by atoms with Gasteiger partial charge in [0, 0.05) is 31.9 Å². The van der Waals surface area contributed by atoms with Gasteiger partial charge in [-0.2, -0.15) is 4.31 Å². The van der Waals surface area contributed by atoms with Gasteiger partial charge in [0.05, 0.1) is 16.4 Å². The predicted molar refractivity (Wildman–Crippen MR) is 80.4 cm³/mol. The molecule has 1 aliphatic rings. The van der Waals surface area contributed by atoms with Crippen molar-refractivity contribution in [3.05, 3.63) is 18.3 Å². The fraction of sp³-hybridized carbons (Fsp3) is 0.583. The molecule has 118 valence electrons. The molecule has 0 spiro atoms. The van der Waals surface area contributed by atoms with E-state index in [4.69, 9.17) is 0 Å². The molecule has 21 heavy (non-hydrogen) atoms. The summed E-state index contributed by atoms with van der Waals surface area (Å²) in [7, 11) is -6.83. The van der Waals surface area contributed by atoms with Crippen molar-refractivity contribution in [2.24, 2.45) is 0 Å². The second-order valence-electron chi connectivity index (χ2n) is 4.82. The monoisotopic (exact) mass is 333 g/mol. The lowest BCUT2D eigenvalue weighted by molar-refractivity contribution is 0.434. The first-order valence-electron chi connectivity index (χ1n) is 6.75. The van der Waals surface area contributed by atoms with Gasteiger partial charge in [0.1, 0.15) is 5.82 Å². The van der Waals surface area contributed by atoms with Gasteiger partial charge in [-0.1, -0.05) is 0 Å². The first-order valence-corrected chi connectivity index (χ1v) is 10.0. The number of hydrogen-bond acceptors (Lipinski definition) is 6. The van der Waals surface area contributed by atoms with Crippen molar-refractivity contribution < 1.29 is 16.8 Å². The smallest absolute Gasteiger partial charge is 0.243 e. The number of sulfonamides is 1. The average Bonchev–Trinajstić information content (AvgIpc) is 2.61. The van der Waals surface area contributed by atoms with E-state index in [0.29, 0.717) is 18.8 Å². The Labute approximate surface area is 125 Å². The summed E-state index contributed by atoms with van der Waals surface area (Å²) in [4.78, 5) is 4.17. The second kappa shape index (κ2) is 6.29. The topological polar surface area (TPSA) is 96.4 Å². The molecular formula is C12H19N3O4S2. The Bertz CT molecular complexity index is 701. The van der Waals surface area contributed by atoms with Crippen LogP contribution in [-0.4, -0.2) is 57.3 Å². The molecule has 1 aromatic heterocycles. The van der Waals surface area contributed by atoms with E-state index < -0.39 is 19.9 Å². The zero-order chi connectivity index (χ0) is 15.5. The number of nitrogens with one attached hydrogen (secondary N) is 1. The van der Waals surface area contributed by atoms with Gasteiger partial charge in [0.15, 0.2) is 9.84 Å². The maximum atomic E-state index is 12.6. The molecule has 0 radical (unpaired) electrons. The van der Waals surface area contributed by atoms with Crippen LogP contribution >= 0.6 is 0 Å². The first-order chi connectivity index (χ1) is 9.85.